The molecule has 2 heterocycles. The molecule has 0 aliphatic carbocycles. The number of ketones is 1. The molecule has 1 fully saturated rings. The maximum Gasteiger partial charge on any atom is 0.321 e. The van der Waals surface area contributed by atoms with E-state index in [4.69, 9.17) is 4.98 Å². The van der Waals surface area contributed by atoms with Gasteiger partial charge < -0.3 is 5.32 Å². The summed E-state index contributed by atoms with van der Waals surface area (Å²) in [5.41, 5.74) is 8.52. The van der Waals surface area contributed by atoms with Crippen molar-refractivity contribution < 1.29 is 9.59 Å². The van der Waals surface area contributed by atoms with E-state index < -0.39 is 0 Å². The lowest BCUT2D eigenvalue weighted by atomic mass is 9.89. The van der Waals surface area contributed by atoms with Crippen LogP contribution in [0.25, 0.3) is 22.2 Å². The summed E-state index contributed by atoms with van der Waals surface area (Å²) in [6.45, 7) is 11.0. The van der Waals surface area contributed by atoms with Crippen molar-refractivity contribution in [3.8, 4) is 11.3 Å². The van der Waals surface area contributed by atoms with E-state index in [0.29, 0.717) is 13.1 Å². The Morgan fingerprint density at radius 2 is 1.79 bits per heavy atom. The molecule has 5 nitrogen and oxygen atoms in total. The Morgan fingerprint density at radius 1 is 1.03 bits per heavy atom. The molecule has 0 spiro atoms. The number of hydrogen-bond acceptors (Lipinski definition) is 3. The minimum Gasteiger partial charge on any atom is -0.336 e. The van der Waals surface area contributed by atoms with E-state index in [-0.39, 0.29) is 11.8 Å². The zero-order valence-corrected chi connectivity index (χ0v) is 17.5. The topological polar surface area (TPSA) is 62.3 Å². The molecule has 1 N–H and O–H groups in total. The summed E-state index contributed by atoms with van der Waals surface area (Å²) >= 11 is 0. The molecule has 3 aromatic rings. The number of Topliss-reactive ketones (excluding diaryl/α,β-unsaturated/α-hetero) is 1. The van der Waals surface area contributed by atoms with Crippen molar-refractivity contribution in [1.82, 2.24) is 10.3 Å². The first-order valence-electron chi connectivity index (χ1n) is 9.87. The summed E-state index contributed by atoms with van der Waals surface area (Å²) in [6.07, 6.45) is 0. The van der Waals surface area contributed by atoms with E-state index in [0.717, 1.165) is 55.7 Å². The molecular weight excluding hydrogens is 362 g/mol. The van der Waals surface area contributed by atoms with Crippen LogP contribution in [0.1, 0.15) is 39.5 Å². The molecule has 0 radical (unpaired) electrons. The number of aromatic nitrogens is 1. The van der Waals surface area contributed by atoms with Crippen LogP contribution >= 0.6 is 0 Å². The van der Waals surface area contributed by atoms with E-state index >= 15 is 0 Å². The molecule has 5 heteroatoms. The lowest BCUT2D eigenvalue weighted by Gasteiger charge is -2.18. The first-order chi connectivity index (χ1) is 13.8. The number of amides is 2. The Balaban J connectivity index is 1.92. The van der Waals surface area contributed by atoms with Gasteiger partial charge in [-0.1, -0.05) is 12.1 Å². The SMILES string of the molecule is CC(=O)c1c(C)cc(C)c(-c2cc(C)c3ccc(N4CCNC4=O)cc3n2)c1C. The monoisotopic (exact) mass is 387 g/mol. The second kappa shape index (κ2) is 6.99. The van der Waals surface area contributed by atoms with E-state index in [1.165, 1.54) is 0 Å². The number of nitrogens with one attached hydrogen (secondary N) is 1. The number of hydrogen-bond donors (Lipinski definition) is 1. The quantitative estimate of drug-likeness (QED) is 0.652. The van der Waals surface area contributed by atoms with Crippen molar-refractivity contribution in [2.75, 3.05) is 18.0 Å². The Labute approximate surface area is 170 Å². The van der Waals surface area contributed by atoms with Crippen LogP contribution in [0.4, 0.5) is 10.5 Å². The summed E-state index contributed by atoms with van der Waals surface area (Å²) in [7, 11) is 0. The van der Waals surface area contributed by atoms with Crippen LogP contribution in [0.15, 0.2) is 30.3 Å². The normalized spacial score (nSPS) is 13.8. The predicted molar refractivity (Wildman–Crippen MR) is 117 cm³/mol. The minimum atomic E-state index is -0.0754. The van der Waals surface area contributed by atoms with Crippen LogP contribution in [-0.2, 0) is 0 Å². The maximum atomic E-state index is 12.2. The Hall–Kier alpha value is -3.21. The van der Waals surface area contributed by atoms with E-state index in [9.17, 15) is 9.59 Å². The fraction of sp³-hybridized carbons (Fsp3) is 0.292. The second-order valence-corrected chi connectivity index (χ2v) is 7.85. The van der Waals surface area contributed by atoms with Gasteiger partial charge in [-0.3, -0.25) is 9.69 Å². The summed E-state index contributed by atoms with van der Waals surface area (Å²) in [6, 6.07) is 10.0. The van der Waals surface area contributed by atoms with Gasteiger partial charge in [0.25, 0.3) is 0 Å². The Kier molecular flexibility index (Phi) is 4.61. The molecule has 0 atom stereocenters. The minimum absolute atomic E-state index is 0.0705. The molecule has 2 aromatic carbocycles. The first kappa shape index (κ1) is 19.1. The summed E-state index contributed by atoms with van der Waals surface area (Å²) in [5, 5.41) is 3.90. The standard InChI is InChI=1S/C24H25N3O2/c1-13-11-21(23-15(3)10-14(2)22(16(23)4)17(5)28)26-20-12-18(6-7-19(13)20)27-9-8-25-24(27)29/h6-7,10-12H,8-9H2,1-5H3,(H,25,29). The van der Waals surface area contributed by atoms with Crippen molar-refractivity contribution in [2.45, 2.75) is 34.6 Å². The summed E-state index contributed by atoms with van der Waals surface area (Å²) < 4.78 is 0. The largest absolute Gasteiger partial charge is 0.336 e. The number of carbonyl (C=O) groups excluding carboxylic acids is 2. The van der Waals surface area contributed by atoms with Crippen LogP contribution in [0.2, 0.25) is 0 Å². The third kappa shape index (κ3) is 3.16. The van der Waals surface area contributed by atoms with Gasteiger partial charge in [0.1, 0.15) is 0 Å². The fourth-order valence-corrected chi connectivity index (χ4v) is 4.53. The van der Waals surface area contributed by atoms with Crippen LogP contribution in [0.3, 0.4) is 0 Å². The lowest BCUT2D eigenvalue weighted by molar-refractivity contribution is 0.101. The number of carbonyl (C=O) groups is 2. The molecule has 1 aromatic heterocycles. The van der Waals surface area contributed by atoms with Crippen molar-refractivity contribution in [2.24, 2.45) is 0 Å². The van der Waals surface area contributed by atoms with Crippen LogP contribution in [0, 0.1) is 27.7 Å². The van der Waals surface area contributed by atoms with Gasteiger partial charge in [0.05, 0.1) is 11.2 Å². The molecule has 1 aliphatic rings. The number of aryl methyl sites for hydroxylation is 3. The molecule has 4 rings (SSSR count). The average molecular weight is 387 g/mol. The number of benzene rings is 2. The number of rotatable bonds is 3. The van der Waals surface area contributed by atoms with Crippen molar-refractivity contribution in [1.29, 1.82) is 0 Å². The number of nitrogens with zero attached hydrogens (tertiary/aromatic N) is 2. The van der Waals surface area contributed by atoms with Gasteiger partial charge in [0.15, 0.2) is 5.78 Å². The van der Waals surface area contributed by atoms with E-state index in [1.807, 2.05) is 32.0 Å². The van der Waals surface area contributed by atoms with Gasteiger partial charge in [0.2, 0.25) is 0 Å². The highest BCUT2D eigenvalue weighted by atomic mass is 16.2. The highest BCUT2D eigenvalue weighted by molar-refractivity contribution is 6.00. The summed E-state index contributed by atoms with van der Waals surface area (Å²) in [4.78, 5) is 31.0. The Morgan fingerprint density at radius 3 is 2.45 bits per heavy atom. The molecule has 0 unspecified atom stereocenters. The predicted octanol–water partition coefficient (Wildman–Crippen LogP) is 4.87. The van der Waals surface area contributed by atoms with Gasteiger partial charge >= 0.3 is 6.03 Å². The third-order valence-corrected chi connectivity index (χ3v) is 5.75. The van der Waals surface area contributed by atoms with Crippen molar-refractivity contribution in [3.05, 3.63) is 58.1 Å². The van der Waals surface area contributed by atoms with Gasteiger partial charge in [-0.05, 0) is 75.1 Å². The van der Waals surface area contributed by atoms with E-state index in [1.54, 1.807) is 11.8 Å². The molecule has 148 valence electrons. The number of pyridine rings is 1. The summed E-state index contributed by atoms with van der Waals surface area (Å²) in [5.74, 6) is 0.0705. The second-order valence-electron chi connectivity index (χ2n) is 7.85. The van der Waals surface area contributed by atoms with Gasteiger partial charge in [-0.25, -0.2) is 9.78 Å². The molecule has 0 saturated carbocycles. The van der Waals surface area contributed by atoms with Gasteiger partial charge in [-0.15, -0.1) is 0 Å². The lowest BCUT2D eigenvalue weighted by Crippen LogP contribution is -2.27. The molecule has 1 saturated heterocycles. The van der Waals surface area contributed by atoms with Crippen LogP contribution in [0.5, 0.6) is 0 Å². The molecule has 0 bridgehead atoms. The molecular formula is C24H25N3O2. The Bertz CT molecular complexity index is 1180. The van der Waals surface area contributed by atoms with Crippen molar-refractivity contribution >= 4 is 28.4 Å². The average Bonchev–Trinajstić information content (AvgIpc) is 3.06. The highest BCUT2D eigenvalue weighted by Crippen LogP contribution is 2.34. The third-order valence-electron chi connectivity index (χ3n) is 5.75. The highest BCUT2D eigenvalue weighted by Gasteiger charge is 2.22. The molecule has 1 aliphatic heterocycles. The first-order valence-corrected chi connectivity index (χ1v) is 9.87. The van der Waals surface area contributed by atoms with Crippen LogP contribution < -0.4 is 10.2 Å². The van der Waals surface area contributed by atoms with Crippen LogP contribution in [-0.4, -0.2) is 29.9 Å². The number of fused-ring (bicyclic) bond motifs is 1. The van der Waals surface area contributed by atoms with E-state index in [2.05, 4.69) is 31.3 Å². The smallest absolute Gasteiger partial charge is 0.321 e. The van der Waals surface area contributed by atoms with Crippen molar-refractivity contribution in [3.63, 3.8) is 0 Å². The fourth-order valence-electron chi connectivity index (χ4n) is 4.53. The molecule has 29 heavy (non-hydrogen) atoms. The zero-order valence-electron chi connectivity index (χ0n) is 17.5. The molecule has 2 amide bonds. The maximum absolute atomic E-state index is 12.2. The number of urea groups is 1. The number of anilines is 1. The zero-order chi connectivity index (χ0) is 20.9. The van der Waals surface area contributed by atoms with Gasteiger partial charge in [-0.2, -0.15) is 0 Å². The van der Waals surface area contributed by atoms with Gasteiger partial charge in [0, 0.05) is 35.3 Å².